The van der Waals surface area contributed by atoms with Gasteiger partial charge >= 0.3 is 0 Å². The van der Waals surface area contributed by atoms with Gasteiger partial charge in [0, 0.05) is 13.2 Å². The SMILES string of the molecule is CNS(=O)(=O)c1ccc(Cl)c(C(=O)NCCCOC(C)C)c1. The van der Waals surface area contributed by atoms with E-state index in [9.17, 15) is 13.2 Å². The van der Waals surface area contributed by atoms with Gasteiger partial charge < -0.3 is 10.1 Å². The van der Waals surface area contributed by atoms with Crippen molar-refractivity contribution >= 4 is 27.5 Å². The molecule has 1 aromatic rings. The van der Waals surface area contributed by atoms with E-state index < -0.39 is 15.9 Å². The molecule has 0 fully saturated rings. The van der Waals surface area contributed by atoms with Crippen LogP contribution in [0.4, 0.5) is 0 Å². The molecular weight excluding hydrogens is 328 g/mol. The smallest absolute Gasteiger partial charge is 0.252 e. The summed E-state index contributed by atoms with van der Waals surface area (Å²) in [6.07, 6.45) is 0.810. The van der Waals surface area contributed by atoms with E-state index in [-0.39, 0.29) is 21.6 Å². The van der Waals surface area contributed by atoms with Crippen molar-refractivity contribution in [2.45, 2.75) is 31.3 Å². The molecule has 0 heterocycles. The maximum Gasteiger partial charge on any atom is 0.252 e. The van der Waals surface area contributed by atoms with Gasteiger partial charge in [0.25, 0.3) is 5.91 Å². The van der Waals surface area contributed by atoms with Crippen molar-refractivity contribution in [3.63, 3.8) is 0 Å². The van der Waals surface area contributed by atoms with Crippen LogP contribution in [-0.2, 0) is 14.8 Å². The van der Waals surface area contributed by atoms with E-state index in [1.165, 1.54) is 25.2 Å². The zero-order valence-corrected chi connectivity index (χ0v) is 14.4. The Kier molecular flexibility index (Phi) is 7.28. The lowest BCUT2D eigenvalue weighted by atomic mass is 10.2. The fraction of sp³-hybridized carbons (Fsp3) is 0.500. The second kappa shape index (κ2) is 8.47. The summed E-state index contributed by atoms with van der Waals surface area (Å²) in [7, 11) is -2.31. The number of benzene rings is 1. The summed E-state index contributed by atoms with van der Waals surface area (Å²) in [5.41, 5.74) is 0.128. The Balaban J connectivity index is 2.71. The molecule has 0 bridgehead atoms. The predicted molar refractivity (Wildman–Crippen MR) is 85.7 cm³/mol. The summed E-state index contributed by atoms with van der Waals surface area (Å²) >= 11 is 5.97. The van der Waals surface area contributed by atoms with Crippen molar-refractivity contribution in [2.75, 3.05) is 20.2 Å². The second-order valence-corrected chi connectivity index (χ2v) is 7.17. The van der Waals surface area contributed by atoms with Crippen LogP contribution in [0.25, 0.3) is 0 Å². The van der Waals surface area contributed by atoms with Crippen molar-refractivity contribution in [3.8, 4) is 0 Å². The van der Waals surface area contributed by atoms with E-state index in [0.29, 0.717) is 19.6 Å². The summed E-state index contributed by atoms with van der Waals surface area (Å²) < 4.78 is 31.1. The van der Waals surface area contributed by atoms with Gasteiger partial charge in [0.1, 0.15) is 0 Å². The zero-order chi connectivity index (χ0) is 16.8. The quantitative estimate of drug-likeness (QED) is 0.701. The Morgan fingerprint density at radius 3 is 2.64 bits per heavy atom. The number of sulfonamides is 1. The van der Waals surface area contributed by atoms with Crippen LogP contribution >= 0.6 is 11.6 Å². The number of hydrogen-bond acceptors (Lipinski definition) is 4. The molecule has 22 heavy (non-hydrogen) atoms. The van der Waals surface area contributed by atoms with E-state index in [0.717, 1.165) is 0 Å². The summed E-state index contributed by atoms with van der Waals surface area (Å²) in [6.45, 7) is 4.84. The fourth-order valence-electron chi connectivity index (χ4n) is 1.65. The molecule has 0 aliphatic heterocycles. The molecule has 1 amide bonds. The molecule has 0 aliphatic carbocycles. The summed E-state index contributed by atoms with van der Waals surface area (Å²) in [4.78, 5) is 12.1. The van der Waals surface area contributed by atoms with Crippen LogP contribution in [0, 0.1) is 0 Å². The van der Waals surface area contributed by atoms with Crippen molar-refractivity contribution in [2.24, 2.45) is 0 Å². The van der Waals surface area contributed by atoms with Gasteiger partial charge in [0.05, 0.1) is 21.6 Å². The van der Waals surface area contributed by atoms with Crippen LogP contribution < -0.4 is 10.0 Å². The molecule has 0 aromatic heterocycles. The molecule has 0 saturated heterocycles. The van der Waals surface area contributed by atoms with Gasteiger partial charge in [-0.3, -0.25) is 4.79 Å². The minimum Gasteiger partial charge on any atom is -0.379 e. The van der Waals surface area contributed by atoms with Crippen LogP contribution in [0.1, 0.15) is 30.6 Å². The maximum absolute atomic E-state index is 12.1. The first kappa shape index (κ1) is 18.9. The highest BCUT2D eigenvalue weighted by molar-refractivity contribution is 7.89. The monoisotopic (exact) mass is 348 g/mol. The van der Waals surface area contributed by atoms with Crippen molar-refractivity contribution in [3.05, 3.63) is 28.8 Å². The van der Waals surface area contributed by atoms with Crippen molar-refractivity contribution < 1.29 is 17.9 Å². The van der Waals surface area contributed by atoms with Crippen LogP contribution in [0.5, 0.6) is 0 Å². The number of nitrogens with one attached hydrogen (secondary N) is 2. The third kappa shape index (κ3) is 5.57. The Morgan fingerprint density at radius 2 is 2.05 bits per heavy atom. The number of rotatable bonds is 8. The van der Waals surface area contributed by atoms with Gasteiger partial charge in [-0.2, -0.15) is 0 Å². The molecule has 0 radical (unpaired) electrons. The lowest BCUT2D eigenvalue weighted by Gasteiger charge is -2.10. The van der Waals surface area contributed by atoms with E-state index in [1.807, 2.05) is 13.8 Å². The Morgan fingerprint density at radius 1 is 1.36 bits per heavy atom. The molecule has 124 valence electrons. The number of amides is 1. The highest BCUT2D eigenvalue weighted by Crippen LogP contribution is 2.20. The molecule has 0 saturated carbocycles. The molecule has 1 rings (SSSR count). The largest absolute Gasteiger partial charge is 0.379 e. The molecule has 8 heteroatoms. The zero-order valence-electron chi connectivity index (χ0n) is 12.8. The lowest BCUT2D eigenvalue weighted by Crippen LogP contribution is -2.26. The standard InChI is InChI=1S/C14H21ClN2O4S/c1-10(2)21-8-4-7-17-14(18)12-9-11(5-6-13(12)15)22(19,20)16-3/h5-6,9-10,16H,4,7-8H2,1-3H3,(H,17,18). The molecule has 6 nitrogen and oxygen atoms in total. The predicted octanol–water partition coefficient (Wildman–Crippen LogP) is 1.79. The maximum atomic E-state index is 12.1. The summed E-state index contributed by atoms with van der Waals surface area (Å²) in [5, 5.41) is 2.89. The number of ether oxygens (including phenoxy) is 1. The third-order valence-corrected chi connectivity index (χ3v) is 4.56. The van der Waals surface area contributed by atoms with Crippen LogP contribution in [0.15, 0.2) is 23.1 Å². The summed E-state index contributed by atoms with van der Waals surface area (Å²) in [5.74, 6) is -0.414. The topological polar surface area (TPSA) is 84.5 Å². The molecular formula is C14H21ClN2O4S. The van der Waals surface area contributed by atoms with Gasteiger partial charge in [0.15, 0.2) is 0 Å². The summed E-state index contributed by atoms with van der Waals surface area (Å²) in [6, 6.07) is 4.00. The molecule has 1 aromatic carbocycles. The number of carbonyl (C=O) groups is 1. The molecule has 0 spiro atoms. The second-order valence-electron chi connectivity index (χ2n) is 4.88. The highest BCUT2D eigenvalue weighted by Gasteiger charge is 2.17. The van der Waals surface area contributed by atoms with Crippen LogP contribution in [0.3, 0.4) is 0 Å². The van der Waals surface area contributed by atoms with E-state index in [2.05, 4.69) is 10.0 Å². The molecule has 0 unspecified atom stereocenters. The average molecular weight is 349 g/mol. The fourth-order valence-corrected chi connectivity index (χ4v) is 2.61. The Hall–Kier alpha value is -1.15. The van der Waals surface area contributed by atoms with E-state index in [1.54, 1.807) is 0 Å². The van der Waals surface area contributed by atoms with Crippen LogP contribution in [-0.4, -0.2) is 40.6 Å². The highest BCUT2D eigenvalue weighted by atomic mass is 35.5. The van der Waals surface area contributed by atoms with Gasteiger partial charge in [-0.1, -0.05) is 11.6 Å². The normalized spacial score (nSPS) is 11.7. The average Bonchev–Trinajstić information content (AvgIpc) is 2.46. The minimum absolute atomic E-state index is 0.00677. The third-order valence-electron chi connectivity index (χ3n) is 2.82. The van der Waals surface area contributed by atoms with Crippen molar-refractivity contribution in [1.29, 1.82) is 0 Å². The van der Waals surface area contributed by atoms with Crippen LogP contribution in [0.2, 0.25) is 5.02 Å². The molecule has 0 atom stereocenters. The number of halogens is 1. The first-order chi connectivity index (χ1) is 10.3. The lowest BCUT2D eigenvalue weighted by molar-refractivity contribution is 0.0757. The van der Waals surface area contributed by atoms with Gasteiger partial charge in [-0.25, -0.2) is 13.1 Å². The van der Waals surface area contributed by atoms with E-state index in [4.69, 9.17) is 16.3 Å². The Labute approximate surface area is 136 Å². The van der Waals surface area contributed by atoms with Crippen molar-refractivity contribution in [1.82, 2.24) is 10.0 Å². The minimum atomic E-state index is -3.62. The number of carbonyl (C=O) groups excluding carboxylic acids is 1. The van der Waals surface area contributed by atoms with Gasteiger partial charge in [0.2, 0.25) is 10.0 Å². The first-order valence-electron chi connectivity index (χ1n) is 6.91. The molecule has 0 aliphatic rings. The van der Waals surface area contributed by atoms with Gasteiger partial charge in [-0.05, 0) is 45.5 Å². The van der Waals surface area contributed by atoms with E-state index >= 15 is 0 Å². The Bertz CT molecular complexity index is 617. The first-order valence-corrected chi connectivity index (χ1v) is 8.77. The molecule has 2 N–H and O–H groups in total. The van der Waals surface area contributed by atoms with Gasteiger partial charge in [-0.15, -0.1) is 0 Å². The number of hydrogen-bond donors (Lipinski definition) is 2.